The van der Waals surface area contributed by atoms with E-state index in [0.29, 0.717) is 0 Å². The van der Waals surface area contributed by atoms with Crippen molar-refractivity contribution in [3.8, 4) is 0 Å². The molecule has 0 unspecified atom stereocenters. The second-order valence-electron chi connectivity index (χ2n) is 4.45. The first-order valence-corrected chi connectivity index (χ1v) is 6.40. The number of nitrogens with one attached hydrogen (secondary N) is 1. The highest BCUT2D eigenvalue weighted by Crippen LogP contribution is 2.23. The highest BCUT2D eigenvalue weighted by atomic mass is 16.3. The van der Waals surface area contributed by atoms with Crippen LogP contribution >= 0.6 is 0 Å². The van der Waals surface area contributed by atoms with Gasteiger partial charge < -0.3 is 14.8 Å². The Morgan fingerprint density at radius 3 is 2.53 bits per heavy atom. The molecule has 1 heterocycles. The third-order valence-corrected chi connectivity index (χ3v) is 3.13. The topological polar surface area (TPSA) is 45.4 Å². The Hall–Kier alpha value is -1.84. The van der Waals surface area contributed by atoms with E-state index in [1.807, 2.05) is 42.5 Å². The summed E-state index contributed by atoms with van der Waals surface area (Å²) in [5.74, 6) is 0. The van der Waals surface area contributed by atoms with E-state index in [4.69, 9.17) is 4.42 Å². The number of aliphatic hydroxyl groups is 1. The monoisotopic (exact) mass is 257 g/mol. The predicted molar refractivity (Wildman–Crippen MR) is 75.7 cm³/mol. The van der Waals surface area contributed by atoms with E-state index < -0.39 is 0 Å². The molecule has 1 aromatic carbocycles. The lowest BCUT2D eigenvalue weighted by molar-refractivity contribution is 0.233. The molecule has 3 nitrogen and oxygen atoms in total. The van der Waals surface area contributed by atoms with Gasteiger partial charge >= 0.3 is 0 Å². The summed E-state index contributed by atoms with van der Waals surface area (Å²) in [6, 6.07) is 11.9. The molecule has 2 N–H and O–H groups in total. The smallest absolute Gasteiger partial charge is 0.0950 e. The maximum Gasteiger partial charge on any atom is 0.0950 e. The van der Waals surface area contributed by atoms with Gasteiger partial charge in [-0.05, 0) is 18.1 Å². The van der Waals surface area contributed by atoms with Crippen molar-refractivity contribution >= 4 is 0 Å². The highest BCUT2D eigenvalue weighted by Gasteiger charge is 2.17. The van der Waals surface area contributed by atoms with Gasteiger partial charge in [-0.25, -0.2) is 0 Å². The SMILES string of the molecule is C=CC[C@@H](N[C@@H](CO)c1ccccc1)c1ccoc1. The van der Waals surface area contributed by atoms with Crippen LogP contribution in [0.25, 0.3) is 0 Å². The molecular formula is C16H19NO2. The van der Waals surface area contributed by atoms with Crippen LogP contribution in [-0.4, -0.2) is 11.7 Å². The molecule has 0 saturated heterocycles. The van der Waals surface area contributed by atoms with E-state index in [1.165, 1.54) is 0 Å². The van der Waals surface area contributed by atoms with Crippen LogP contribution in [0.3, 0.4) is 0 Å². The summed E-state index contributed by atoms with van der Waals surface area (Å²) in [4.78, 5) is 0. The Morgan fingerprint density at radius 1 is 1.16 bits per heavy atom. The summed E-state index contributed by atoms with van der Waals surface area (Å²) < 4.78 is 5.13. The summed E-state index contributed by atoms with van der Waals surface area (Å²) in [6.45, 7) is 3.83. The second-order valence-corrected chi connectivity index (χ2v) is 4.45. The van der Waals surface area contributed by atoms with Crippen LogP contribution in [-0.2, 0) is 0 Å². The van der Waals surface area contributed by atoms with Gasteiger partial charge in [-0.3, -0.25) is 0 Å². The van der Waals surface area contributed by atoms with Crippen LogP contribution in [0.5, 0.6) is 0 Å². The minimum atomic E-state index is -0.0963. The molecule has 2 rings (SSSR count). The van der Waals surface area contributed by atoms with E-state index in [2.05, 4.69) is 11.9 Å². The minimum Gasteiger partial charge on any atom is -0.472 e. The van der Waals surface area contributed by atoms with Crippen LogP contribution < -0.4 is 5.32 Å². The minimum absolute atomic E-state index is 0.0511. The lowest BCUT2D eigenvalue weighted by Crippen LogP contribution is -2.28. The predicted octanol–water partition coefficient (Wildman–Crippen LogP) is 3.22. The molecule has 0 aliphatic carbocycles. The van der Waals surface area contributed by atoms with Gasteiger partial charge in [-0.2, -0.15) is 0 Å². The quantitative estimate of drug-likeness (QED) is 0.749. The zero-order chi connectivity index (χ0) is 13.5. The molecule has 0 radical (unpaired) electrons. The fourth-order valence-electron chi connectivity index (χ4n) is 2.12. The lowest BCUT2D eigenvalue weighted by atomic mass is 10.0. The number of furan rings is 1. The van der Waals surface area contributed by atoms with Gasteiger partial charge in [0.2, 0.25) is 0 Å². The van der Waals surface area contributed by atoms with Crippen LogP contribution in [0.2, 0.25) is 0 Å². The molecule has 0 spiro atoms. The van der Waals surface area contributed by atoms with Crippen molar-refractivity contribution in [2.75, 3.05) is 6.61 Å². The largest absolute Gasteiger partial charge is 0.472 e. The zero-order valence-corrected chi connectivity index (χ0v) is 10.8. The fourth-order valence-corrected chi connectivity index (χ4v) is 2.12. The number of rotatable bonds is 7. The summed E-state index contributed by atoms with van der Waals surface area (Å²) in [6.07, 6.45) is 6.02. The number of hydrogen-bond donors (Lipinski definition) is 2. The summed E-state index contributed by atoms with van der Waals surface area (Å²) in [5, 5.41) is 13.0. The Bertz CT molecular complexity index is 479. The molecule has 0 fully saturated rings. The van der Waals surface area contributed by atoms with E-state index in [0.717, 1.165) is 17.5 Å². The first-order valence-electron chi connectivity index (χ1n) is 6.40. The second kappa shape index (κ2) is 6.92. The Labute approximate surface area is 113 Å². The molecule has 0 aliphatic heterocycles. The molecule has 0 saturated carbocycles. The maximum absolute atomic E-state index is 9.58. The Kier molecular flexibility index (Phi) is 4.95. The van der Waals surface area contributed by atoms with E-state index in [1.54, 1.807) is 12.5 Å². The van der Waals surface area contributed by atoms with Crippen molar-refractivity contribution in [3.63, 3.8) is 0 Å². The van der Waals surface area contributed by atoms with Gasteiger partial charge in [0.25, 0.3) is 0 Å². The normalized spacial score (nSPS) is 13.9. The molecule has 0 aliphatic rings. The molecule has 0 bridgehead atoms. The average Bonchev–Trinajstić information content (AvgIpc) is 2.98. The van der Waals surface area contributed by atoms with Crippen LogP contribution in [0.4, 0.5) is 0 Å². The molecular weight excluding hydrogens is 238 g/mol. The maximum atomic E-state index is 9.58. The third-order valence-electron chi connectivity index (χ3n) is 3.13. The fraction of sp³-hybridized carbons (Fsp3) is 0.250. The molecule has 2 aromatic rings. The third kappa shape index (κ3) is 3.56. The van der Waals surface area contributed by atoms with Gasteiger partial charge in [0.1, 0.15) is 0 Å². The van der Waals surface area contributed by atoms with Gasteiger partial charge in [0, 0.05) is 11.6 Å². The Morgan fingerprint density at radius 2 is 1.95 bits per heavy atom. The first-order chi connectivity index (χ1) is 9.35. The standard InChI is InChI=1S/C16H19NO2/c1-2-6-15(14-9-10-19-12-14)17-16(11-18)13-7-4-3-5-8-13/h2-5,7-10,12,15-18H,1,6,11H2/t15-,16+/m1/s1. The molecule has 0 amide bonds. The van der Waals surface area contributed by atoms with Crippen LogP contribution in [0, 0.1) is 0 Å². The van der Waals surface area contributed by atoms with Gasteiger partial charge in [-0.1, -0.05) is 36.4 Å². The molecule has 3 heteroatoms. The van der Waals surface area contributed by atoms with Crippen molar-refractivity contribution in [1.82, 2.24) is 5.32 Å². The summed E-state index contributed by atoms with van der Waals surface area (Å²) in [7, 11) is 0. The summed E-state index contributed by atoms with van der Waals surface area (Å²) >= 11 is 0. The molecule has 19 heavy (non-hydrogen) atoms. The summed E-state index contributed by atoms with van der Waals surface area (Å²) in [5.41, 5.74) is 2.14. The van der Waals surface area contributed by atoms with Crippen LogP contribution in [0.15, 0.2) is 66.0 Å². The molecule has 2 atom stereocenters. The highest BCUT2D eigenvalue weighted by molar-refractivity contribution is 5.21. The van der Waals surface area contributed by atoms with Crippen molar-refractivity contribution in [3.05, 3.63) is 72.7 Å². The van der Waals surface area contributed by atoms with Crippen molar-refractivity contribution in [2.45, 2.75) is 18.5 Å². The number of aliphatic hydroxyl groups excluding tert-OH is 1. The van der Waals surface area contributed by atoms with E-state index in [-0.39, 0.29) is 18.7 Å². The van der Waals surface area contributed by atoms with Crippen molar-refractivity contribution in [1.29, 1.82) is 0 Å². The van der Waals surface area contributed by atoms with Gasteiger partial charge in [-0.15, -0.1) is 6.58 Å². The van der Waals surface area contributed by atoms with Gasteiger partial charge in [0.05, 0.1) is 25.2 Å². The molecule has 100 valence electrons. The number of hydrogen-bond acceptors (Lipinski definition) is 3. The Balaban J connectivity index is 2.13. The van der Waals surface area contributed by atoms with Crippen molar-refractivity contribution < 1.29 is 9.52 Å². The number of benzene rings is 1. The van der Waals surface area contributed by atoms with E-state index >= 15 is 0 Å². The van der Waals surface area contributed by atoms with Crippen LogP contribution in [0.1, 0.15) is 29.6 Å². The molecule has 1 aromatic heterocycles. The zero-order valence-electron chi connectivity index (χ0n) is 10.8. The first kappa shape index (κ1) is 13.6. The van der Waals surface area contributed by atoms with Crippen molar-refractivity contribution in [2.24, 2.45) is 0 Å². The average molecular weight is 257 g/mol. The lowest BCUT2D eigenvalue weighted by Gasteiger charge is -2.23. The van der Waals surface area contributed by atoms with E-state index in [9.17, 15) is 5.11 Å². The van der Waals surface area contributed by atoms with Gasteiger partial charge in [0.15, 0.2) is 0 Å².